The van der Waals surface area contributed by atoms with E-state index in [1.54, 1.807) is 25.2 Å². The maximum Gasteiger partial charge on any atom is 0.240 e. The summed E-state index contributed by atoms with van der Waals surface area (Å²) >= 11 is 1.63. The molecule has 5 N–H and O–H groups in total. The van der Waals surface area contributed by atoms with Crippen LogP contribution < -0.4 is 16.6 Å². The van der Waals surface area contributed by atoms with E-state index in [0.717, 1.165) is 16.6 Å². The highest BCUT2D eigenvalue weighted by Gasteiger charge is 2.35. The average Bonchev–Trinajstić information content (AvgIpc) is 2.80. The number of hydrogen-bond donors (Lipinski definition) is 4. The van der Waals surface area contributed by atoms with Crippen LogP contribution in [0.15, 0.2) is 6.07 Å². The predicted molar refractivity (Wildman–Crippen MR) is 88.6 cm³/mol. The van der Waals surface area contributed by atoms with Crippen LogP contribution in [-0.4, -0.2) is 26.2 Å². The number of hydrazine groups is 1. The molecule has 2 aromatic rings. The fourth-order valence-corrected chi connectivity index (χ4v) is 2.72. The number of aliphatic hydroxyl groups is 1. The van der Waals surface area contributed by atoms with Crippen molar-refractivity contribution < 1.29 is 5.11 Å². The fourth-order valence-electron chi connectivity index (χ4n) is 1.75. The maximum absolute atomic E-state index is 10.3. The van der Waals surface area contributed by atoms with Crippen LogP contribution in [0, 0.1) is 0 Å². The molecule has 0 atom stereocenters. The minimum atomic E-state index is -0.913. The molecule has 0 unspecified atom stereocenters. The van der Waals surface area contributed by atoms with Gasteiger partial charge in [-0.2, -0.15) is 4.98 Å². The first kappa shape index (κ1) is 15.9. The number of nitrogens with two attached hydrogens (primary N) is 1. The van der Waals surface area contributed by atoms with Gasteiger partial charge in [0, 0.05) is 4.88 Å². The van der Waals surface area contributed by atoms with Crippen molar-refractivity contribution in [2.75, 3.05) is 10.7 Å². The molecule has 0 bridgehead atoms. The summed E-state index contributed by atoms with van der Waals surface area (Å²) in [5.74, 6) is 6.49. The van der Waals surface area contributed by atoms with E-state index >= 15 is 0 Å². The van der Waals surface area contributed by atoms with Gasteiger partial charge >= 0.3 is 0 Å². The number of anilines is 2. The Bertz CT molecular complexity index is 645. The van der Waals surface area contributed by atoms with Crippen LogP contribution in [0.4, 0.5) is 11.8 Å². The third-order valence-corrected chi connectivity index (χ3v) is 5.06. The molecule has 0 aliphatic rings. The van der Waals surface area contributed by atoms with Crippen molar-refractivity contribution in [1.82, 2.24) is 9.97 Å². The highest BCUT2D eigenvalue weighted by molar-refractivity contribution is 7.18. The maximum atomic E-state index is 10.3. The minimum absolute atomic E-state index is 0.362. The van der Waals surface area contributed by atoms with Crippen LogP contribution >= 0.6 is 11.3 Å². The molecule has 0 fully saturated rings. The molecule has 2 heterocycles. The Morgan fingerprint density at radius 2 is 1.95 bits per heavy atom. The lowest BCUT2D eigenvalue weighted by Crippen LogP contribution is -2.51. The van der Waals surface area contributed by atoms with Gasteiger partial charge in [0.1, 0.15) is 10.6 Å². The van der Waals surface area contributed by atoms with E-state index in [9.17, 15) is 5.11 Å². The molecule has 6 nitrogen and oxygen atoms in total. The van der Waals surface area contributed by atoms with E-state index in [1.807, 2.05) is 13.8 Å². The molecule has 21 heavy (non-hydrogen) atoms. The number of hydrogen-bond acceptors (Lipinski definition) is 7. The van der Waals surface area contributed by atoms with Gasteiger partial charge in [-0.1, -0.05) is 6.92 Å². The molecule has 2 rings (SSSR count). The van der Waals surface area contributed by atoms with E-state index in [4.69, 9.17) is 5.84 Å². The largest absolute Gasteiger partial charge is 0.388 e. The zero-order chi connectivity index (χ0) is 15.8. The van der Waals surface area contributed by atoms with Gasteiger partial charge in [-0.05, 0) is 40.2 Å². The summed E-state index contributed by atoms with van der Waals surface area (Å²) in [5.41, 5.74) is 1.02. The van der Waals surface area contributed by atoms with Crippen molar-refractivity contribution in [2.24, 2.45) is 5.84 Å². The molecular weight excluding hydrogens is 286 g/mol. The number of nitrogens with one attached hydrogen (secondary N) is 2. The molecule has 0 radical (unpaired) electrons. The Morgan fingerprint density at radius 1 is 1.29 bits per heavy atom. The second-order valence-corrected chi connectivity index (χ2v) is 7.25. The first-order valence-corrected chi connectivity index (χ1v) is 7.77. The van der Waals surface area contributed by atoms with Gasteiger partial charge in [0.15, 0.2) is 0 Å². The Balaban J connectivity index is 2.53. The van der Waals surface area contributed by atoms with E-state index in [-0.39, 0.29) is 0 Å². The van der Waals surface area contributed by atoms with Gasteiger partial charge in [0.05, 0.1) is 16.5 Å². The quantitative estimate of drug-likeness (QED) is 0.500. The van der Waals surface area contributed by atoms with Gasteiger partial charge in [-0.15, -0.1) is 11.3 Å². The fraction of sp³-hybridized carbons (Fsp3) is 0.571. The van der Waals surface area contributed by atoms with Gasteiger partial charge < -0.3 is 10.4 Å². The smallest absolute Gasteiger partial charge is 0.240 e. The third kappa shape index (κ3) is 3.09. The van der Waals surface area contributed by atoms with E-state index in [0.29, 0.717) is 11.8 Å². The number of aromatic nitrogens is 2. The number of fused-ring (bicyclic) bond motifs is 1. The summed E-state index contributed by atoms with van der Waals surface area (Å²) in [6.45, 7) is 9.51. The second kappa shape index (κ2) is 5.40. The van der Waals surface area contributed by atoms with Gasteiger partial charge in [0.2, 0.25) is 5.95 Å². The molecule has 7 heteroatoms. The Morgan fingerprint density at radius 3 is 2.48 bits per heavy atom. The number of nitrogens with zero attached hydrogens (tertiary/aromatic N) is 2. The lowest BCUT2D eigenvalue weighted by molar-refractivity contribution is 0.0239. The number of nitrogen functional groups attached to an aromatic ring is 1. The summed E-state index contributed by atoms with van der Waals surface area (Å²) in [4.78, 5) is 10.9. The van der Waals surface area contributed by atoms with Crippen molar-refractivity contribution in [2.45, 2.75) is 52.2 Å². The van der Waals surface area contributed by atoms with Crippen LogP contribution in [0.2, 0.25) is 0 Å². The molecule has 0 aromatic carbocycles. The topological polar surface area (TPSA) is 96.1 Å². The molecule has 0 amide bonds. The average molecular weight is 309 g/mol. The lowest BCUT2D eigenvalue weighted by atomic mass is 9.86. The van der Waals surface area contributed by atoms with E-state index in [2.05, 4.69) is 33.7 Å². The van der Waals surface area contributed by atoms with Gasteiger partial charge in [-0.25, -0.2) is 10.8 Å². The first-order valence-electron chi connectivity index (χ1n) is 6.95. The Kier molecular flexibility index (Phi) is 4.10. The first-order chi connectivity index (χ1) is 9.68. The standard InChI is InChI=1S/C14H23N5OS/c1-6-8-7-9-10(18-13(2,3)14(4,5)20)16-12(19-15)17-11(9)21-8/h7,20H,6,15H2,1-5H3,(H2,16,17,18,19). The molecule has 0 spiro atoms. The summed E-state index contributed by atoms with van der Waals surface area (Å²) in [6, 6.07) is 2.09. The minimum Gasteiger partial charge on any atom is -0.388 e. The van der Waals surface area contributed by atoms with Gasteiger partial charge in [-0.3, -0.25) is 5.43 Å². The van der Waals surface area contributed by atoms with Crippen LogP contribution in [0.25, 0.3) is 10.2 Å². The Labute approximate surface area is 128 Å². The molecule has 0 saturated carbocycles. The van der Waals surface area contributed by atoms with Crippen LogP contribution in [0.5, 0.6) is 0 Å². The van der Waals surface area contributed by atoms with E-state index in [1.165, 1.54) is 4.88 Å². The van der Waals surface area contributed by atoms with Crippen LogP contribution in [0.1, 0.15) is 39.5 Å². The van der Waals surface area contributed by atoms with E-state index < -0.39 is 11.1 Å². The summed E-state index contributed by atoms with van der Waals surface area (Å²) < 4.78 is 0. The normalized spacial score (nSPS) is 12.7. The SMILES string of the molecule is CCc1cc2c(NC(C)(C)C(C)(C)O)nc(NN)nc2s1. The zero-order valence-corrected chi connectivity index (χ0v) is 13.9. The zero-order valence-electron chi connectivity index (χ0n) is 13.1. The molecule has 0 aliphatic heterocycles. The number of rotatable bonds is 5. The molecule has 2 aromatic heterocycles. The summed E-state index contributed by atoms with van der Waals surface area (Å²) in [5, 5.41) is 14.6. The third-order valence-electron chi connectivity index (χ3n) is 3.88. The van der Waals surface area contributed by atoms with Crippen molar-refractivity contribution in [1.29, 1.82) is 0 Å². The summed E-state index contributed by atoms with van der Waals surface area (Å²) in [7, 11) is 0. The van der Waals surface area contributed by atoms with Crippen LogP contribution in [-0.2, 0) is 6.42 Å². The summed E-state index contributed by atoms with van der Waals surface area (Å²) in [6.07, 6.45) is 0.945. The monoisotopic (exact) mass is 309 g/mol. The van der Waals surface area contributed by atoms with Crippen molar-refractivity contribution in [3.8, 4) is 0 Å². The van der Waals surface area contributed by atoms with Crippen molar-refractivity contribution in [3.63, 3.8) is 0 Å². The Hall–Kier alpha value is -1.44. The number of thiophene rings is 1. The van der Waals surface area contributed by atoms with Crippen molar-refractivity contribution >= 4 is 33.3 Å². The van der Waals surface area contributed by atoms with Crippen molar-refractivity contribution in [3.05, 3.63) is 10.9 Å². The second-order valence-electron chi connectivity index (χ2n) is 6.13. The molecule has 0 saturated heterocycles. The molecule has 0 aliphatic carbocycles. The van der Waals surface area contributed by atoms with Crippen LogP contribution in [0.3, 0.4) is 0 Å². The molecular formula is C14H23N5OS. The number of aryl methyl sites for hydroxylation is 1. The lowest BCUT2D eigenvalue weighted by Gasteiger charge is -2.38. The highest BCUT2D eigenvalue weighted by atomic mass is 32.1. The highest BCUT2D eigenvalue weighted by Crippen LogP contribution is 2.33. The van der Waals surface area contributed by atoms with Gasteiger partial charge in [0.25, 0.3) is 0 Å². The predicted octanol–water partition coefficient (Wildman–Crippen LogP) is 2.50. The molecule has 116 valence electrons.